The molecule has 2 aromatic carbocycles. The number of halogens is 1. The highest BCUT2D eigenvalue weighted by atomic mass is 35.5. The summed E-state index contributed by atoms with van der Waals surface area (Å²) in [5, 5.41) is 7.47. The van der Waals surface area contributed by atoms with Gasteiger partial charge in [-0.2, -0.15) is 4.98 Å². The van der Waals surface area contributed by atoms with Gasteiger partial charge in [0.05, 0.1) is 6.42 Å². The second-order valence-corrected chi connectivity index (χ2v) is 5.73. The van der Waals surface area contributed by atoms with Crippen LogP contribution in [0.15, 0.2) is 53.1 Å². The SMILES string of the molecule is CCc1nc(-c2cccc(NC(=O)Cc3ccc(Cl)cc3)c2)no1. The fourth-order valence-corrected chi connectivity index (χ4v) is 2.37. The maximum Gasteiger partial charge on any atom is 0.228 e. The van der Waals surface area contributed by atoms with Crippen LogP contribution in [0.4, 0.5) is 5.69 Å². The number of nitrogens with zero attached hydrogens (tertiary/aromatic N) is 2. The fraction of sp³-hybridized carbons (Fsp3) is 0.167. The Hall–Kier alpha value is -2.66. The van der Waals surface area contributed by atoms with E-state index in [1.54, 1.807) is 12.1 Å². The zero-order valence-corrected chi connectivity index (χ0v) is 13.9. The molecule has 0 radical (unpaired) electrons. The molecule has 0 saturated heterocycles. The lowest BCUT2D eigenvalue weighted by Crippen LogP contribution is -2.14. The number of carbonyl (C=O) groups is 1. The smallest absolute Gasteiger partial charge is 0.228 e. The van der Waals surface area contributed by atoms with Gasteiger partial charge in [0.25, 0.3) is 0 Å². The van der Waals surface area contributed by atoms with Crippen molar-refractivity contribution in [3.8, 4) is 11.4 Å². The van der Waals surface area contributed by atoms with Gasteiger partial charge in [0.15, 0.2) is 0 Å². The summed E-state index contributed by atoms with van der Waals surface area (Å²) in [5.74, 6) is 1.000. The summed E-state index contributed by atoms with van der Waals surface area (Å²) in [4.78, 5) is 16.5. The molecule has 0 unspecified atom stereocenters. The van der Waals surface area contributed by atoms with Crippen LogP contribution in [-0.4, -0.2) is 16.0 Å². The van der Waals surface area contributed by atoms with E-state index in [0.29, 0.717) is 28.8 Å². The zero-order chi connectivity index (χ0) is 16.9. The van der Waals surface area contributed by atoms with E-state index < -0.39 is 0 Å². The second kappa shape index (κ2) is 7.27. The number of aryl methyl sites for hydroxylation is 1. The summed E-state index contributed by atoms with van der Waals surface area (Å²) in [6.07, 6.45) is 0.966. The standard InChI is InChI=1S/C18H16ClN3O2/c1-2-17-21-18(22-24-17)13-4-3-5-15(11-13)20-16(23)10-12-6-8-14(19)9-7-12/h3-9,11H,2,10H2,1H3,(H,20,23). The molecule has 0 atom stereocenters. The van der Waals surface area contributed by atoms with Gasteiger partial charge in [0.2, 0.25) is 17.6 Å². The summed E-state index contributed by atoms with van der Waals surface area (Å²) in [6.45, 7) is 1.95. The average molecular weight is 342 g/mol. The third-order valence-corrected chi connectivity index (χ3v) is 3.70. The maximum absolute atomic E-state index is 12.2. The average Bonchev–Trinajstić information content (AvgIpc) is 3.06. The third kappa shape index (κ3) is 4.00. The number of nitrogens with one attached hydrogen (secondary N) is 1. The molecule has 0 saturated carbocycles. The summed E-state index contributed by atoms with van der Waals surface area (Å²) in [5.41, 5.74) is 2.39. The monoisotopic (exact) mass is 341 g/mol. The number of anilines is 1. The van der Waals surface area contributed by atoms with Crippen molar-refractivity contribution in [3.05, 3.63) is 65.0 Å². The minimum absolute atomic E-state index is 0.100. The van der Waals surface area contributed by atoms with E-state index in [-0.39, 0.29) is 12.3 Å². The number of aromatic nitrogens is 2. The molecule has 1 aromatic heterocycles. The molecule has 3 rings (SSSR count). The van der Waals surface area contributed by atoms with Gasteiger partial charge in [-0.1, -0.05) is 47.9 Å². The normalized spacial score (nSPS) is 10.6. The van der Waals surface area contributed by atoms with Crippen LogP contribution in [0, 0.1) is 0 Å². The summed E-state index contributed by atoms with van der Waals surface area (Å²) in [7, 11) is 0. The topological polar surface area (TPSA) is 68.0 Å². The highest BCUT2D eigenvalue weighted by Gasteiger charge is 2.09. The molecular weight excluding hydrogens is 326 g/mol. The Balaban J connectivity index is 1.69. The summed E-state index contributed by atoms with van der Waals surface area (Å²) >= 11 is 5.85. The van der Waals surface area contributed by atoms with Crippen molar-refractivity contribution in [2.75, 3.05) is 5.32 Å². The molecular formula is C18H16ClN3O2. The van der Waals surface area contributed by atoms with E-state index in [4.69, 9.17) is 16.1 Å². The first-order chi connectivity index (χ1) is 11.6. The minimum Gasteiger partial charge on any atom is -0.339 e. The van der Waals surface area contributed by atoms with Crippen molar-refractivity contribution < 1.29 is 9.32 Å². The van der Waals surface area contributed by atoms with Gasteiger partial charge in [-0.15, -0.1) is 0 Å². The predicted molar refractivity (Wildman–Crippen MR) is 92.9 cm³/mol. The van der Waals surface area contributed by atoms with Gasteiger partial charge in [0, 0.05) is 22.7 Å². The van der Waals surface area contributed by atoms with Crippen LogP contribution in [0.3, 0.4) is 0 Å². The van der Waals surface area contributed by atoms with Crippen molar-refractivity contribution in [3.63, 3.8) is 0 Å². The highest BCUT2D eigenvalue weighted by molar-refractivity contribution is 6.30. The molecule has 3 aromatic rings. The first-order valence-corrected chi connectivity index (χ1v) is 7.99. The van der Waals surface area contributed by atoms with E-state index in [1.165, 1.54) is 0 Å². The molecule has 0 aliphatic heterocycles. The molecule has 6 heteroatoms. The Kier molecular flexibility index (Phi) is 4.91. The number of hydrogen-bond acceptors (Lipinski definition) is 4. The Bertz CT molecular complexity index is 843. The molecule has 0 spiro atoms. The maximum atomic E-state index is 12.2. The quantitative estimate of drug-likeness (QED) is 0.757. The molecule has 24 heavy (non-hydrogen) atoms. The lowest BCUT2D eigenvalue weighted by atomic mass is 10.1. The lowest BCUT2D eigenvalue weighted by molar-refractivity contribution is -0.115. The number of carbonyl (C=O) groups excluding carboxylic acids is 1. The molecule has 1 amide bonds. The Morgan fingerprint density at radius 3 is 2.71 bits per heavy atom. The van der Waals surface area contributed by atoms with Crippen LogP contribution in [-0.2, 0) is 17.6 Å². The molecule has 0 aliphatic rings. The molecule has 1 N–H and O–H groups in total. The second-order valence-electron chi connectivity index (χ2n) is 5.30. The van der Waals surface area contributed by atoms with Gasteiger partial charge in [-0.05, 0) is 29.8 Å². The van der Waals surface area contributed by atoms with E-state index in [1.807, 2.05) is 43.3 Å². The Morgan fingerprint density at radius 2 is 2.00 bits per heavy atom. The number of benzene rings is 2. The summed E-state index contributed by atoms with van der Waals surface area (Å²) in [6, 6.07) is 14.6. The first kappa shape index (κ1) is 16.2. The zero-order valence-electron chi connectivity index (χ0n) is 13.1. The van der Waals surface area contributed by atoms with Crippen LogP contribution in [0.2, 0.25) is 5.02 Å². The molecule has 0 aliphatic carbocycles. The molecule has 0 fully saturated rings. The van der Waals surface area contributed by atoms with Gasteiger partial charge in [-0.3, -0.25) is 4.79 Å². The fourth-order valence-electron chi connectivity index (χ4n) is 2.24. The van der Waals surface area contributed by atoms with Crippen LogP contribution in [0.5, 0.6) is 0 Å². The number of amides is 1. The molecule has 5 nitrogen and oxygen atoms in total. The van der Waals surface area contributed by atoms with E-state index >= 15 is 0 Å². The number of rotatable bonds is 5. The first-order valence-electron chi connectivity index (χ1n) is 7.61. The Morgan fingerprint density at radius 1 is 1.21 bits per heavy atom. The van der Waals surface area contributed by atoms with Crippen LogP contribution < -0.4 is 5.32 Å². The van der Waals surface area contributed by atoms with Crippen molar-refractivity contribution in [1.29, 1.82) is 0 Å². The van der Waals surface area contributed by atoms with Crippen LogP contribution in [0.25, 0.3) is 11.4 Å². The summed E-state index contributed by atoms with van der Waals surface area (Å²) < 4.78 is 5.12. The molecule has 1 heterocycles. The van der Waals surface area contributed by atoms with Gasteiger partial charge in [-0.25, -0.2) is 0 Å². The van der Waals surface area contributed by atoms with Crippen molar-refractivity contribution in [2.45, 2.75) is 19.8 Å². The van der Waals surface area contributed by atoms with Crippen molar-refractivity contribution in [2.24, 2.45) is 0 Å². The minimum atomic E-state index is -0.100. The Labute approximate surface area is 144 Å². The van der Waals surface area contributed by atoms with Gasteiger partial charge >= 0.3 is 0 Å². The van der Waals surface area contributed by atoms with E-state index in [2.05, 4.69) is 15.5 Å². The third-order valence-electron chi connectivity index (χ3n) is 3.45. The molecule has 122 valence electrons. The van der Waals surface area contributed by atoms with Crippen molar-refractivity contribution >= 4 is 23.2 Å². The largest absolute Gasteiger partial charge is 0.339 e. The van der Waals surface area contributed by atoms with Crippen LogP contribution in [0.1, 0.15) is 18.4 Å². The lowest BCUT2D eigenvalue weighted by Gasteiger charge is -2.06. The van der Waals surface area contributed by atoms with Crippen LogP contribution >= 0.6 is 11.6 Å². The van der Waals surface area contributed by atoms with Crippen molar-refractivity contribution in [1.82, 2.24) is 10.1 Å². The predicted octanol–water partition coefficient (Wildman–Crippen LogP) is 4.13. The number of hydrogen-bond donors (Lipinski definition) is 1. The highest BCUT2D eigenvalue weighted by Crippen LogP contribution is 2.20. The van der Waals surface area contributed by atoms with E-state index in [9.17, 15) is 4.79 Å². The van der Waals surface area contributed by atoms with Gasteiger partial charge in [0.1, 0.15) is 0 Å². The molecule has 0 bridgehead atoms. The van der Waals surface area contributed by atoms with Gasteiger partial charge < -0.3 is 9.84 Å². The van der Waals surface area contributed by atoms with E-state index in [0.717, 1.165) is 11.1 Å².